The number of anilines is 1. The molecule has 1 fully saturated rings. The van der Waals surface area contributed by atoms with E-state index in [1.807, 2.05) is 0 Å². The molecule has 80 valence electrons. The van der Waals surface area contributed by atoms with Crippen LogP contribution in [-0.4, -0.2) is 28.6 Å². The molecule has 0 bridgehead atoms. The molecule has 1 atom stereocenters. The van der Waals surface area contributed by atoms with Crippen molar-refractivity contribution in [2.24, 2.45) is 5.92 Å². The van der Waals surface area contributed by atoms with Crippen molar-refractivity contribution in [3.63, 3.8) is 0 Å². The number of aromatic nitrogens is 2. The van der Waals surface area contributed by atoms with Crippen LogP contribution < -0.4 is 10.6 Å². The van der Waals surface area contributed by atoms with Crippen LogP contribution in [0.15, 0.2) is 12.4 Å². The highest BCUT2D eigenvalue weighted by Gasteiger charge is 2.24. The molecule has 1 aliphatic rings. The molecule has 1 aliphatic heterocycles. The fourth-order valence-corrected chi connectivity index (χ4v) is 1.52. The van der Waals surface area contributed by atoms with E-state index in [1.54, 1.807) is 12.4 Å². The van der Waals surface area contributed by atoms with Crippen LogP contribution in [0.1, 0.15) is 12.8 Å². The fourth-order valence-electron chi connectivity index (χ4n) is 1.52. The maximum absolute atomic E-state index is 11.7. The van der Waals surface area contributed by atoms with E-state index in [2.05, 4.69) is 20.8 Å². The zero-order valence-electron chi connectivity index (χ0n) is 8.12. The van der Waals surface area contributed by atoms with Gasteiger partial charge in [-0.3, -0.25) is 14.7 Å². The van der Waals surface area contributed by atoms with Crippen molar-refractivity contribution in [2.75, 3.05) is 11.9 Å². The van der Waals surface area contributed by atoms with E-state index in [-0.39, 0.29) is 17.7 Å². The van der Waals surface area contributed by atoms with Gasteiger partial charge in [0.1, 0.15) is 0 Å². The SMILES string of the molecule is O=C1CCC(C(=O)Nc2cn[nH]c2)CN1. The summed E-state index contributed by atoms with van der Waals surface area (Å²) in [6.07, 6.45) is 4.18. The zero-order chi connectivity index (χ0) is 10.7. The average Bonchev–Trinajstić information content (AvgIpc) is 2.71. The van der Waals surface area contributed by atoms with E-state index in [0.29, 0.717) is 25.1 Å². The Labute approximate surface area is 86.4 Å². The lowest BCUT2D eigenvalue weighted by Crippen LogP contribution is -2.40. The number of hydrogen-bond acceptors (Lipinski definition) is 3. The number of hydrogen-bond donors (Lipinski definition) is 3. The van der Waals surface area contributed by atoms with Crippen molar-refractivity contribution in [1.29, 1.82) is 0 Å². The van der Waals surface area contributed by atoms with Gasteiger partial charge in [0.2, 0.25) is 11.8 Å². The monoisotopic (exact) mass is 208 g/mol. The first-order chi connectivity index (χ1) is 7.25. The maximum atomic E-state index is 11.7. The highest BCUT2D eigenvalue weighted by Crippen LogP contribution is 2.13. The summed E-state index contributed by atoms with van der Waals surface area (Å²) in [4.78, 5) is 22.6. The van der Waals surface area contributed by atoms with E-state index < -0.39 is 0 Å². The van der Waals surface area contributed by atoms with Gasteiger partial charge in [-0.25, -0.2) is 0 Å². The van der Waals surface area contributed by atoms with Crippen LogP contribution in [0, 0.1) is 5.92 Å². The smallest absolute Gasteiger partial charge is 0.229 e. The second kappa shape index (κ2) is 4.12. The highest BCUT2D eigenvalue weighted by atomic mass is 16.2. The minimum absolute atomic E-state index is 0.0161. The van der Waals surface area contributed by atoms with Crippen molar-refractivity contribution < 1.29 is 9.59 Å². The fraction of sp³-hybridized carbons (Fsp3) is 0.444. The van der Waals surface area contributed by atoms with Gasteiger partial charge in [-0.2, -0.15) is 5.10 Å². The molecular formula is C9H12N4O2. The molecule has 1 saturated heterocycles. The number of carbonyl (C=O) groups excluding carboxylic acids is 2. The molecule has 15 heavy (non-hydrogen) atoms. The largest absolute Gasteiger partial charge is 0.355 e. The Bertz CT molecular complexity index is 350. The van der Waals surface area contributed by atoms with Gasteiger partial charge < -0.3 is 10.6 Å². The van der Waals surface area contributed by atoms with Crippen molar-refractivity contribution in [3.05, 3.63) is 12.4 Å². The average molecular weight is 208 g/mol. The Hall–Kier alpha value is -1.85. The predicted molar refractivity (Wildman–Crippen MR) is 53.0 cm³/mol. The molecule has 6 heteroatoms. The molecule has 2 amide bonds. The summed E-state index contributed by atoms with van der Waals surface area (Å²) in [6, 6.07) is 0. The van der Waals surface area contributed by atoms with Crippen LogP contribution in [0.25, 0.3) is 0 Å². The maximum Gasteiger partial charge on any atom is 0.229 e. The van der Waals surface area contributed by atoms with Crippen molar-refractivity contribution in [2.45, 2.75) is 12.8 Å². The van der Waals surface area contributed by atoms with Gasteiger partial charge in [0.15, 0.2) is 0 Å². The summed E-state index contributed by atoms with van der Waals surface area (Å²) >= 11 is 0. The van der Waals surface area contributed by atoms with Crippen LogP contribution in [0.3, 0.4) is 0 Å². The summed E-state index contributed by atoms with van der Waals surface area (Å²) in [6.45, 7) is 0.419. The third-order valence-corrected chi connectivity index (χ3v) is 2.40. The molecule has 1 aromatic rings. The first-order valence-corrected chi connectivity index (χ1v) is 4.82. The summed E-state index contributed by atoms with van der Waals surface area (Å²) < 4.78 is 0. The molecule has 0 spiro atoms. The number of rotatable bonds is 2. The van der Waals surface area contributed by atoms with Gasteiger partial charge >= 0.3 is 0 Å². The Morgan fingerprint density at radius 1 is 1.60 bits per heavy atom. The van der Waals surface area contributed by atoms with E-state index in [0.717, 1.165) is 0 Å². The molecule has 1 aromatic heterocycles. The Morgan fingerprint density at radius 3 is 3.07 bits per heavy atom. The van der Waals surface area contributed by atoms with E-state index in [1.165, 1.54) is 0 Å². The van der Waals surface area contributed by atoms with Crippen molar-refractivity contribution in [1.82, 2.24) is 15.5 Å². The second-order valence-corrected chi connectivity index (χ2v) is 3.52. The number of aromatic amines is 1. The number of piperidine rings is 1. The van der Waals surface area contributed by atoms with Crippen LogP contribution >= 0.6 is 0 Å². The molecule has 0 radical (unpaired) electrons. The second-order valence-electron chi connectivity index (χ2n) is 3.52. The quantitative estimate of drug-likeness (QED) is 0.633. The molecule has 2 rings (SSSR count). The van der Waals surface area contributed by atoms with Gasteiger partial charge in [-0.1, -0.05) is 0 Å². The van der Waals surface area contributed by atoms with Gasteiger partial charge in [0.25, 0.3) is 0 Å². The van der Waals surface area contributed by atoms with Crippen molar-refractivity contribution in [3.8, 4) is 0 Å². The Balaban J connectivity index is 1.89. The van der Waals surface area contributed by atoms with Crippen LogP contribution in [-0.2, 0) is 9.59 Å². The molecule has 3 N–H and O–H groups in total. The van der Waals surface area contributed by atoms with Gasteiger partial charge in [-0.15, -0.1) is 0 Å². The number of H-pyrrole nitrogens is 1. The zero-order valence-corrected chi connectivity index (χ0v) is 8.12. The first-order valence-electron chi connectivity index (χ1n) is 4.82. The highest BCUT2D eigenvalue weighted by molar-refractivity contribution is 5.93. The van der Waals surface area contributed by atoms with Gasteiger partial charge in [0, 0.05) is 19.2 Å². The number of carbonyl (C=O) groups is 2. The van der Waals surface area contributed by atoms with Crippen molar-refractivity contribution >= 4 is 17.5 Å². The van der Waals surface area contributed by atoms with Gasteiger partial charge in [0.05, 0.1) is 17.8 Å². The number of nitrogens with one attached hydrogen (secondary N) is 3. The molecular weight excluding hydrogens is 196 g/mol. The summed E-state index contributed by atoms with van der Waals surface area (Å²) in [7, 11) is 0. The minimum atomic E-state index is -0.141. The number of amides is 2. The third-order valence-electron chi connectivity index (χ3n) is 2.40. The summed E-state index contributed by atoms with van der Waals surface area (Å²) in [5.41, 5.74) is 0.650. The summed E-state index contributed by atoms with van der Waals surface area (Å²) in [5.74, 6) is -0.198. The van der Waals surface area contributed by atoms with E-state index >= 15 is 0 Å². The minimum Gasteiger partial charge on any atom is -0.355 e. The predicted octanol–water partition coefficient (Wildman–Crippen LogP) is -0.126. The Kier molecular flexibility index (Phi) is 2.66. The van der Waals surface area contributed by atoms with Gasteiger partial charge in [-0.05, 0) is 6.42 Å². The van der Waals surface area contributed by atoms with Crippen LogP contribution in [0.4, 0.5) is 5.69 Å². The van der Waals surface area contributed by atoms with Crippen LogP contribution in [0.2, 0.25) is 0 Å². The topological polar surface area (TPSA) is 86.9 Å². The molecule has 0 aromatic carbocycles. The normalized spacial score (nSPS) is 20.8. The van der Waals surface area contributed by atoms with E-state index in [9.17, 15) is 9.59 Å². The van der Waals surface area contributed by atoms with E-state index in [4.69, 9.17) is 0 Å². The third kappa shape index (κ3) is 2.34. The lowest BCUT2D eigenvalue weighted by molar-refractivity contribution is -0.126. The summed E-state index contributed by atoms with van der Waals surface area (Å²) in [5, 5.41) is 11.7. The first kappa shape index (κ1) is 9.70. The lowest BCUT2D eigenvalue weighted by Gasteiger charge is -2.21. The molecule has 2 heterocycles. The molecule has 0 saturated carbocycles. The molecule has 6 nitrogen and oxygen atoms in total. The van der Waals surface area contributed by atoms with Crippen LogP contribution in [0.5, 0.6) is 0 Å². The number of nitrogens with zero attached hydrogens (tertiary/aromatic N) is 1. The standard InChI is InChI=1S/C9H12N4O2/c14-8-2-1-6(3-10-8)9(15)13-7-4-11-12-5-7/h4-6H,1-3H2,(H,10,14)(H,11,12)(H,13,15). The lowest BCUT2D eigenvalue weighted by atomic mass is 9.98. The molecule has 0 aliphatic carbocycles. The Morgan fingerprint density at radius 2 is 2.47 bits per heavy atom. The molecule has 1 unspecified atom stereocenters.